The summed E-state index contributed by atoms with van der Waals surface area (Å²) in [6, 6.07) is 0.198. The van der Waals surface area contributed by atoms with Crippen LogP contribution in [-0.2, 0) is 4.52 Å². The minimum Gasteiger partial charge on any atom is -0.187 e. The summed E-state index contributed by atoms with van der Waals surface area (Å²) in [6.07, 6.45) is 1.66. The Labute approximate surface area is 94.9 Å². The summed E-state index contributed by atoms with van der Waals surface area (Å²) in [4.78, 5) is 9.85. The third kappa shape index (κ3) is 3.17. The van der Waals surface area contributed by atoms with Gasteiger partial charge in [-0.1, -0.05) is 0 Å². The minimum atomic E-state index is -2.86. The van der Waals surface area contributed by atoms with E-state index < -0.39 is 8.02 Å². The van der Waals surface area contributed by atoms with E-state index in [4.69, 9.17) is 33.2 Å². The first kappa shape index (κ1) is 12.9. The second-order valence-corrected chi connectivity index (χ2v) is 5.90. The van der Waals surface area contributed by atoms with Crippen molar-refractivity contribution >= 4 is 31.2 Å². The van der Waals surface area contributed by atoms with Crippen LogP contribution in [0.15, 0.2) is 0 Å². The molecule has 1 aliphatic heterocycles. The lowest BCUT2D eigenvalue weighted by atomic mass is 10.1. The smallest absolute Gasteiger partial charge is 0.187 e. The Bertz CT molecular complexity index is 183. The van der Waals surface area contributed by atoms with E-state index in [1.807, 2.05) is 0 Å². The number of alkyl halides is 2. The van der Waals surface area contributed by atoms with Crippen molar-refractivity contribution in [3.8, 4) is 0 Å². The molecule has 0 aromatic rings. The predicted octanol–water partition coefficient (Wildman–Crippen LogP) is 1.57. The predicted molar refractivity (Wildman–Crippen MR) is 60.4 cm³/mol. The van der Waals surface area contributed by atoms with Crippen LogP contribution in [-0.4, -0.2) is 40.5 Å². The Morgan fingerprint density at radius 1 is 1.50 bits per heavy atom. The SMILES string of the molecule is N[P+]1(O)OCCC(CCCl)N1CCCl. The number of hydrogen-bond acceptors (Lipinski definition) is 4. The zero-order valence-electron chi connectivity index (χ0n) is 7.90. The van der Waals surface area contributed by atoms with E-state index in [2.05, 4.69) is 0 Å². The molecule has 1 fully saturated rings. The van der Waals surface area contributed by atoms with Gasteiger partial charge >= 0.3 is 8.02 Å². The Kier molecular flexibility index (Phi) is 5.36. The standard InChI is InChI=1S/C7H16Cl2N2O2P/c8-3-1-7-2-6-13-14(10,12)11(7)5-4-9/h7,12H,1-6,10H2/q+1. The van der Waals surface area contributed by atoms with Gasteiger partial charge in [0.05, 0.1) is 19.2 Å². The van der Waals surface area contributed by atoms with E-state index in [0.29, 0.717) is 24.9 Å². The van der Waals surface area contributed by atoms with E-state index in [-0.39, 0.29) is 6.04 Å². The maximum absolute atomic E-state index is 9.85. The molecule has 4 nitrogen and oxygen atoms in total. The van der Waals surface area contributed by atoms with Crippen molar-refractivity contribution in [2.24, 2.45) is 5.50 Å². The maximum atomic E-state index is 9.85. The Morgan fingerprint density at radius 2 is 2.21 bits per heavy atom. The number of nitrogens with two attached hydrogens (primary N) is 1. The third-order valence-corrected chi connectivity index (χ3v) is 4.49. The summed E-state index contributed by atoms with van der Waals surface area (Å²) >= 11 is 11.3. The van der Waals surface area contributed by atoms with E-state index in [0.717, 1.165) is 12.8 Å². The van der Waals surface area contributed by atoms with E-state index in [1.165, 1.54) is 0 Å². The van der Waals surface area contributed by atoms with Crippen LogP contribution in [0.25, 0.3) is 0 Å². The molecule has 0 aromatic heterocycles. The van der Waals surface area contributed by atoms with E-state index >= 15 is 0 Å². The molecule has 1 aliphatic rings. The summed E-state index contributed by atoms with van der Waals surface area (Å²) in [5, 5.41) is 0. The van der Waals surface area contributed by atoms with Crippen LogP contribution in [0.5, 0.6) is 0 Å². The second kappa shape index (κ2) is 5.80. The van der Waals surface area contributed by atoms with Crippen molar-refractivity contribution in [1.29, 1.82) is 0 Å². The molecule has 0 aromatic carbocycles. The third-order valence-electron chi connectivity index (χ3n) is 2.28. The van der Waals surface area contributed by atoms with Gasteiger partial charge in [-0.05, 0) is 12.8 Å². The zero-order valence-corrected chi connectivity index (χ0v) is 10.3. The van der Waals surface area contributed by atoms with Crippen LogP contribution in [0, 0.1) is 0 Å². The zero-order chi connectivity index (χ0) is 10.6. The summed E-state index contributed by atoms with van der Waals surface area (Å²) in [7, 11) is -2.86. The number of halogens is 2. The molecule has 0 bridgehead atoms. The van der Waals surface area contributed by atoms with Gasteiger partial charge in [0.1, 0.15) is 0 Å². The molecule has 1 heterocycles. The van der Waals surface area contributed by atoms with Gasteiger partial charge in [-0.25, -0.2) is 0 Å². The molecule has 14 heavy (non-hydrogen) atoms. The first-order valence-electron chi connectivity index (χ1n) is 4.55. The lowest BCUT2D eigenvalue weighted by molar-refractivity contribution is 0.138. The molecule has 0 saturated carbocycles. The fourth-order valence-corrected chi connectivity index (χ4v) is 3.77. The fraction of sp³-hybridized carbons (Fsp3) is 1.00. The number of hydrogen-bond donors (Lipinski definition) is 2. The molecule has 0 spiro atoms. The summed E-state index contributed by atoms with van der Waals surface area (Å²) in [5.74, 6) is 0.991. The quantitative estimate of drug-likeness (QED) is 0.596. The highest BCUT2D eigenvalue weighted by Gasteiger charge is 2.49. The Morgan fingerprint density at radius 3 is 2.79 bits per heavy atom. The highest BCUT2D eigenvalue weighted by atomic mass is 35.5. The molecule has 2 unspecified atom stereocenters. The van der Waals surface area contributed by atoms with Gasteiger partial charge in [0.25, 0.3) is 0 Å². The lowest BCUT2D eigenvalue weighted by Crippen LogP contribution is -2.44. The number of rotatable bonds is 4. The lowest BCUT2D eigenvalue weighted by Gasteiger charge is -2.35. The van der Waals surface area contributed by atoms with Crippen molar-refractivity contribution in [1.82, 2.24) is 4.67 Å². The molecular formula is C7H16Cl2N2O2P+. The first-order valence-corrected chi connectivity index (χ1v) is 7.31. The van der Waals surface area contributed by atoms with Gasteiger partial charge in [-0.2, -0.15) is 9.42 Å². The average Bonchev–Trinajstić information content (AvgIpc) is 2.11. The van der Waals surface area contributed by atoms with Gasteiger partial charge in [0.15, 0.2) is 0 Å². The van der Waals surface area contributed by atoms with Crippen molar-refractivity contribution in [3.63, 3.8) is 0 Å². The molecular weight excluding hydrogens is 246 g/mol. The van der Waals surface area contributed by atoms with Crippen molar-refractivity contribution in [2.45, 2.75) is 18.9 Å². The second-order valence-electron chi connectivity index (χ2n) is 3.19. The average molecular weight is 262 g/mol. The van der Waals surface area contributed by atoms with Crippen LogP contribution < -0.4 is 5.50 Å². The molecule has 2 atom stereocenters. The number of nitrogens with zero attached hydrogens (tertiary/aromatic N) is 1. The van der Waals surface area contributed by atoms with Crippen LogP contribution in [0.4, 0.5) is 0 Å². The van der Waals surface area contributed by atoms with Crippen molar-refractivity contribution in [3.05, 3.63) is 0 Å². The summed E-state index contributed by atoms with van der Waals surface area (Å²) in [5.41, 5.74) is 5.70. The minimum absolute atomic E-state index is 0.198. The van der Waals surface area contributed by atoms with E-state index in [9.17, 15) is 4.89 Å². The molecule has 1 rings (SSSR count). The Hall–Kier alpha value is 0.850. The largest absolute Gasteiger partial charge is 0.428 e. The molecule has 0 amide bonds. The molecule has 1 saturated heterocycles. The maximum Gasteiger partial charge on any atom is 0.428 e. The Balaban J connectivity index is 2.63. The van der Waals surface area contributed by atoms with Crippen LogP contribution >= 0.6 is 31.2 Å². The molecule has 3 N–H and O–H groups in total. The van der Waals surface area contributed by atoms with E-state index in [1.54, 1.807) is 4.67 Å². The highest BCUT2D eigenvalue weighted by molar-refractivity contribution is 7.60. The fourth-order valence-electron chi connectivity index (χ4n) is 1.61. The van der Waals surface area contributed by atoms with Crippen molar-refractivity contribution < 1.29 is 9.42 Å². The normalized spacial score (nSPS) is 34.7. The molecule has 7 heteroatoms. The molecule has 0 aliphatic carbocycles. The highest BCUT2D eigenvalue weighted by Crippen LogP contribution is 2.55. The van der Waals surface area contributed by atoms with Gasteiger partial charge in [0, 0.05) is 11.8 Å². The summed E-state index contributed by atoms with van der Waals surface area (Å²) in [6.45, 7) is 1.05. The van der Waals surface area contributed by atoms with Gasteiger partial charge in [-0.3, -0.25) is 0 Å². The molecule has 0 radical (unpaired) electrons. The summed E-state index contributed by atoms with van der Waals surface area (Å²) < 4.78 is 6.95. The van der Waals surface area contributed by atoms with Gasteiger partial charge < -0.3 is 0 Å². The molecule has 84 valence electrons. The van der Waals surface area contributed by atoms with Crippen LogP contribution in [0.3, 0.4) is 0 Å². The van der Waals surface area contributed by atoms with Gasteiger partial charge in [-0.15, -0.1) is 33.4 Å². The van der Waals surface area contributed by atoms with Crippen LogP contribution in [0.1, 0.15) is 12.8 Å². The first-order chi connectivity index (χ1) is 6.61. The monoisotopic (exact) mass is 261 g/mol. The van der Waals surface area contributed by atoms with Crippen molar-refractivity contribution in [2.75, 3.05) is 24.9 Å². The van der Waals surface area contributed by atoms with Crippen LogP contribution in [0.2, 0.25) is 0 Å². The van der Waals surface area contributed by atoms with Gasteiger partial charge in [0.2, 0.25) is 0 Å². The topological polar surface area (TPSA) is 58.7 Å².